The van der Waals surface area contributed by atoms with Crippen LogP contribution < -0.4 is 10.6 Å². The molecule has 0 radical (unpaired) electrons. The second-order valence-corrected chi connectivity index (χ2v) is 12.0. The molecule has 1 fully saturated rings. The van der Waals surface area contributed by atoms with E-state index in [1.807, 2.05) is 6.07 Å². The number of pyridine rings is 1. The number of carbonyl (C=O) groups is 5. The van der Waals surface area contributed by atoms with Crippen molar-refractivity contribution in [2.24, 2.45) is 0 Å². The van der Waals surface area contributed by atoms with Gasteiger partial charge in [0.05, 0.1) is 76.4 Å². The zero-order valence-corrected chi connectivity index (χ0v) is 28.9. The maximum absolute atomic E-state index is 13.5. The van der Waals surface area contributed by atoms with E-state index in [9.17, 15) is 28.4 Å². The first kappa shape index (κ1) is 38.1. The van der Waals surface area contributed by atoms with E-state index in [-0.39, 0.29) is 48.7 Å². The highest BCUT2D eigenvalue weighted by molar-refractivity contribution is 6.25. The van der Waals surface area contributed by atoms with Crippen LogP contribution in [-0.4, -0.2) is 117 Å². The fourth-order valence-electron chi connectivity index (χ4n) is 5.98. The zero-order valence-electron chi connectivity index (χ0n) is 28.9. The molecule has 2 N–H and O–H groups in total. The number of ether oxygens (including phenoxy) is 4. The number of piperidine rings is 1. The van der Waals surface area contributed by atoms with Crippen molar-refractivity contribution in [1.82, 2.24) is 20.1 Å². The van der Waals surface area contributed by atoms with Crippen LogP contribution in [0.1, 0.15) is 57.1 Å². The molecule has 0 aliphatic carbocycles. The van der Waals surface area contributed by atoms with Crippen LogP contribution in [0.4, 0.5) is 10.1 Å². The Balaban J connectivity index is 0.895. The Hall–Kier alpha value is -5.09. The smallest absolute Gasteiger partial charge is 0.264 e. The van der Waals surface area contributed by atoms with Crippen LogP contribution in [0.25, 0.3) is 0 Å². The maximum Gasteiger partial charge on any atom is 0.264 e. The first-order chi connectivity index (χ1) is 25.3. The Kier molecular flexibility index (Phi) is 13.9. The molecule has 14 nitrogen and oxygen atoms in total. The number of rotatable bonds is 20. The molecule has 52 heavy (non-hydrogen) atoms. The number of nitrogens with one attached hydrogen (secondary N) is 2. The van der Waals surface area contributed by atoms with Crippen molar-refractivity contribution >= 4 is 35.2 Å². The second-order valence-electron chi connectivity index (χ2n) is 12.0. The predicted molar refractivity (Wildman–Crippen MR) is 185 cm³/mol. The largest absolute Gasteiger partial charge is 0.382 e. The van der Waals surface area contributed by atoms with Crippen molar-refractivity contribution in [3.8, 4) is 0 Å². The van der Waals surface area contributed by atoms with Crippen molar-refractivity contribution in [1.29, 1.82) is 0 Å². The highest BCUT2D eigenvalue weighted by Gasteiger charge is 2.45. The molecule has 0 bridgehead atoms. The zero-order chi connectivity index (χ0) is 36.9. The van der Waals surface area contributed by atoms with E-state index < -0.39 is 35.7 Å². The standard InChI is InChI=1S/C37H42FN5O9/c1-42(34(26-4-3-14-39-24-26)25-7-9-27(38)10-8-25)32(45)13-16-49-18-20-51-22-23-52-21-19-50-17-15-40-29-6-2-5-28-33(29)37(48)43(36(28)47)30-11-12-31(44)41-35(30)46/h2-10,14,24,30,34,40H,11-13,15-23H2,1H3,(H,41,44,46). The van der Waals surface area contributed by atoms with E-state index in [0.717, 1.165) is 16.0 Å². The van der Waals surface area contributed by atoms with Gasteiger partial charge in [-0.1, -0.05) is 24.3 Å². The molecule has 1 aromatic heterocycles. The number of halogens is 1. The number of anilines is 1. The lowest BCUT2D eigenvalue weighted by atomic mass is 9.98. The summed E-state index contributed by atoms with van der Waals surface area (Å²) in [4.78, 5) is 69.6. The summed E-state index contributed by atoms with van der Waals surface area (Å²) in [6, 6.07) is 13.2. The molecule has 2 aliphatic rings. The summed E-state index contributed by atoms with van der Waals surface area (Å²) in [5.74, 6) is -2.69. The third-order valence-corrected chi connectivity index (χ3v) is 8.57. The summed E-state index contributed by atoms with van der Waals surface area (Å²) in [6.07, 6.45) is 3.66. The molecule has 0 saturated carbocycles. The molecule has 1 saturated heterocycles. The fraction of sp³-hybridized carbons (Fsp3) is 0.405. The number of benzene rings is 2. The highest BCUT2D eigenvalue weighted by Crippen LogP contribution is 2.32. The number of imide groups is 2. The number of carbonyl (C=O) groups excluding carboxylic acids is 5. The molecule has 15 heteroatoms. The fourth-order valence-corrected chi connectivity index (χ4v) is 5.98. The van der Waals surface area contributed by atoms with Gasteiger partial charge in [-0.05, 0) is 47.9 Å². The van der Waals surface area contributed by atoms with Gasteiger partial charge in [-0.15, -0.1) is 0 Å². The topological polar surface area (TPSA) is 166 Å². The number of fused-ring (bicyclic) bond motifs is 1. The summed E-state index contributed by atoms with van der Waals surface area (Å²) >= 11 is 0. The van der Waals surface area contributed by atoms with Crippen molar-refractivity contribution in [2.45, 2.75) is 31.3 Å². The average Bonchev–Trinajstić information content (AvgIpc) is 3.40. The number of aromatic nitrogens is 1. The summed E-state index contributed by atoms with van der Waals surface area (Å²) in [7, 11) is 1.71. The first-order valence-electron chi connectivity index (χ1n) is 17.1. The van der Waals surface area contributed by atoms with Gasteiger partial charge in [-0.25, -0.2) is 4.39 Å². The normalized spacial score (nSPS) is 16.1. The molecule has 3 heterocycles. The second kappa shape index (κ2) is 18.9. The monoisotopic (exact) mass is 719 g/mol. The minimum absolute atomic E-state index is 0.0550. The van der Waals surface area contributed by atoms with E-state index in [0.29, 0.717) is 58.5 Å². The third-order valence-electron chi connectivity index (χ3n) is 8.57. The van der Waals surface area contributed by atoms with Gasteiger partial charge >= 0.3 is 0 Å². The third kappa shape index (κ3) is 9.82. The van der Waals surface area contributed by atoms with E-state index in [1.165, 1.54) is 12.1 Å². The van der Waals surface area contributed by atoms with Crippen molar-refractivity contribution in [2.75, 3.05) is 71.8 Å². The summed E-state index contributed by atoms with van der Waals surface area (Å²) < 4.78 is 35.8. The first-order valence-corrected chi connectivity index (χ1v) is 17.1. The Morgan fingerprint density at radius 2 is 1.56 bits per heavy atom. The van der Waals surface area contributed by atoms with Gasteiger partial charge < -0.3 is 29.2 Å². The summed E-state index contributed by atoms with van der Waals surface area (Å²) in [5, 5.41) is 5.31. The van der Waals surface area contributed by atoms with Crippen LogP contribution in [0, 0.1) is 5.82 Å². The van der Waals surface area contributed by atoms with E-state index >= 15 is 0 Å². The molecule has 2 atom stereocenters. The Morgan fingerprint density at radius 1 is 0.885 bits per heavy atom. The van der Waals surface area contributed by atoms with Crippen LogP contribution in [0.15, 0.2) is 67.0 Å². The lowest BCUT2D eigenvalue weighted by Crippen LogP contribution is -2.54. The minimum Gasteiger partial charge on any atom is -0.382 e. The van der Waals surface area contributed by atoms with E-state index in [2.05, 4.69) is 15.6 Å². The van der Waals surface area contributed by atoms with Gasteiger partial charge in [-0.2, -0.15) is 0 Å². The molecule has 5 rings (SSSR count). The van der Waals surface area contributed by atoms with E-state index in [4.69, 9.17) is 18.9 Å². The lowest BCUT2D eigenvalue weighted by Gasteiger charge is -2.29. The Labute approximate surface area is 300 Å². The van der Waals surface area contributed by atoms with Crippen molar-refractivity contribution in [3.63, 3.8) is 0 Å². The van der Waals surface area contributed by atoms with E-state index in [1.54, 1.807) is 60.7 Å². The number of nitrogens with zero attached hydrogens (tertiary/aromatic N) is 3. The number of hydrogen-bond donors (Lipinski definition) is 2. The molecular formula is C37H42FN5O9. The minimum atomic E-state index is -1.02. The number of amides is 5. The number of hydrogen-bond acceptors (Lipinski definition) is 11. The predicted octanol–water partition coefficient (Wildman–Crippen LogP) is 2.74. The SMILES string of the molecule is CN(C(=O)CCOCCOCCOCCOCCNc1cccc2c1C(=O)N(C1CCC(=O)NC1=O)C2=O)C(c1ccc(F)cc1)c1cccnc1. The summed E-state index contributed by atoms with van der Waals surface area (Å²) in [6.45, 7) is 2.96. The van der Waals surface area contributed by atoms with Crippen LogP contribution in [-0.2, 0) is 33.3 Å². The average molecular weight is 720 g/mol. The van der Waals surface area contributed by atoms with Gasteiger partial charge in [0.2, 0.25) is 17.7 Å². The van der Waals surface area contributed by atoms with Crippen molar-refractivity contribution < 1.29 is 47.3 Å². The van der Waals surface area contributed by atoms with Crippen LogP contribution in [0.2, 0.25) is 0 Å². The molecule has 2 unspecified atom stereocenters. The van der Waals surface area contributed by atoms with Gasteiger partial charge in [0, 0.05) is 38.1 Å². The van der Waals surface area contributed by atoms with Gasteiger partial charge in [0.1, 0.15) is 11.9 Å². The Bertz CT molecular complexity index is 1710. The molecule has 276 valence electrons. The van der Waals surface area contributed by atoms with Gasteiger partial charge in [0.25, 0.3) is 11.8 Å². The molecule has 3 aromatic rings. The summed E-state index contributed by atoms with van der Waals surface area (Å²) in [5.41, 5.74) is 2.45. The van der Waals surface area contributed by atoms with Gasteiger partial charge in [-0.3, -0.25) is 39.2 Å². The lowest BCUT2D eigenvalue weighted by molar-refractivity contribution is -0.136. The highest BCUT2D eigenvalue weighted by atomic mass is 19.1. The Morgan fingerprint density at radius 3 is 2.21 bits per heavy atom. The van der Waals surface area contributed by atoms with Crippen LogP contribution in [0.3, 0.4) is 0 Å². The maximum atomic E-state index is 13.5. The molecule has 2 aromatic carbocycles. The quantitative estimate of drug-likeness (QED) is 0.130. The van der Waals surface area contributed by atoms with Crippen LogP contribution in [0.5, 0.6) is 0 Å². The molecule has 0 spiro atoms. The van der Waals surface area contributed by atoms with Gasteiger partial charge in [0.15, 0.2) is 0 Å². The molecule has 2 aliphatic heterocycles. The van der Waals surface area contributed by atoms with Crippen molar-refractivity contribution in [3.05, 3.63) is 95.1 Å². The molecular weight excluding hydrogens is 677 g/mol. The van der Waals surface area contributed by atoms with Crippen LogP contribution >= 0.6 is 0 Å². The molecule has 5 amide bonds.